The van der Waals surface area contributed by atoms with Crippen LogP contribution in [0.4, 0.5) is 0 Å². The van der Waals surface area contributed by atoms with Gasteiger partial charge in [-0.25, -0.2) is 14.8 Å². The number of aryl methyl sites for hydroxylation is 1. The third-order valence-electron chi connectivity index (χ3n) is 3.81. The van der Waals surface area contributed by atoms with Crippen LogP contribution in [0, 0.1) is 0 Å². The maximum absolute atomic E-state index is 12.2. The topological polar surface area (TPSA) is 78.4 Å². The van der Waals surface area contributed by atoms with E-state index in [4.69, 9.17) is 9.47 Å². The fraction of sp³-hybridized carbons (Fsp3) is 0.143. The second kappa shape index (κ2) is 8.23. The molecule has 1 aromatic heterocycles. The molecule has 0 fully saturated rings. The molecule has 0 radical (unpaired) electrons. The smallest absolute Gasteiger partial charge is 0.343 e. The van der Waals surface area contributed by atoms with Crippen LogP contribution in [0.2, 0.25) is 0 Å². The van der Waals surface area contributed by atoms with Gasteiger partial charge < -0.3 is 9.47 Å². The van der Waals surface area contributed by atoms with E-state index >= 15 is 0 Å². The third-order valence-corrected chi connectivity index (χ3v) is 3.81. The molecule has 0 aliphatic rings. The van der Waals surface area contributed by atoms with Crippen LogP contribution in [-0.4, -0.2) is 21.9 Å². The highest BCUT2D eigenvalue weighted by Crippen LogP contribution is 2.21. The van der Waals surface area contributed by atoms with Gasteiger partial charge in [0.05, 0.1) is 18.0 Å². The van der Waals surface area contributed by atoms with Crippen molar-refractivity contribution in [1.29, 1.82) is 0 Å². The van der Waals surface area contributed by atoms with Crippen LogP contribution in [0.25, 0.3) is 11.4 Å². The Kier molecular flexibility index (Phi) is 5.56. The molecule has 3 rings (SSSR count). The van der Waals surface area contributed by atoms with Crippen molar-refractivity contribution in [3.63, 3.8) is 0 Å². The van der Waals surface area contributed by atoms with Gasteiger partial charge in [0.1, 0.15) is 5.75 Å². The lowest BCUT2D eigenvalue weighted by Gasteiger charge is -2.06. The van der Waals surface area contributed by atoms with Gasteiger partial charge in [0.15, 0.2) is 11.6 Å². The predicted octanol–water partition coefficient (Wildman–Crippen LogP) is 3.85. The van der Waals surface area contributed by atoms with Crippen LogP contribution < -0.4 is 9.47 Å². The zero-order valence-corrected chi connectivity index (χ0v) is 15.0. The van der Waals surface area contributed by atoms with E-state index in [1.165, 1.54) is 19.3 Å². The lowest BCUT2D eigenvalue weighted by Crippen LogP contribution is -2.09. The van der Waals surface area contributed by atoms with Crippen molar-refractivity contribution in [1.82, 2.24) is 9.97 Å². The Morgan fingerprint density at radius 2 is 1.48 bits per heavy atom. The zero-order chi connectivity index (χ0) is 19.2. The first-order valence-corrected chi connectivity index (χ1v) is 8.47. The highest BCUT2D eigenvalue weighted by atomic mass is 16.5. The van der Waals surface area contributed by atoms with Gasteiger partial charge in [-0.3, -0.25) is 4.79 Å². The first-order valence-electron chi connectivity index (χ1n) is 8.47. The number of rotatable bonds is 5. The van der Waals surface area contributed by atoms with Crippen LogP contribution in [0.5, 0.6) is 11.5 Å². The van der Waals surface area contributed by atoms with Gasteiger partial charge in [-0.1, -0.05) is 19.1 Å². The Balaban J connectivity index is 1.67. The van der Waals surface area contributed by atoms with Crippen LogP contribution >= 0.6 is 0 Å². The molecule has 0 N–H and O–H groups in total. The minimum atomic E-state index is -0.459. The fourth-order valence-electron chi connectivity index (χ4n) is 2.40. The summed E-state index contributed by atoms with van der Waals surface area (Å²) in [7, 11) is 0. The molecule has 0 saturated carbocycles. The van der Waals surface area contributed by atoms with E-state index in [1.54, 1.807) is 36.4 Å². The molecular weight excluding hydrogens is 344 g/mol. The van der Waals surface area contributed by atoms with E-state index in [0.29, 0.717) is 17.1 Å². The van der Waals surface area contributed by atoms with Crippen molar-refractivity contribution in [3.05, 3.63) is 72.1 Å². The first-order chi connectivity index (χ1) is 13.0. The predicted molar refractivity (Wildman–Crippen MR) is 99.6 cm³/mol. The molecule has 0 saturated heterocycles. The van der Waals surface area contributed by atoms with Crippen molar-refractivity contribution >= 4 is 11.9 Å². The van der Waals surface area contributed by atoms with E-state index in [-0.39, 0.29) is 11.7 Å². The highest BCUT2D eigenvalue weighted by Gasteiger charge is 2.10. The number of nitrogens with zero attached hydrogens (tertiary/aromatic N) is 2. The number of aromatic nitrogens is 2. The average molecular weight is 362 g/mol. The van der Waals surface area contributed by atoms with E-state index < -0.39 is 5.97 Å². The highest BCUT2D eigenvalue weighted by molar-refractivity contribution is 5.91. The lowest BCUT2D eigenvalue weighted by molar-refractivity contribution is -0.131. The van der Waals surface area contributed by atoms with Crippen molar-refractivity contribution in [2.24, 2.45) is 0 Å². The quantitative estimate of drug-likeness (QED) is 0.507. The van der Waals surface area contributed by atoms with Crippen molar-refractivity contribution in [2.45, 2.75) is 20.3 Å². The molecule has 0 unspecified atom stereocenters. The zero-order valence-electron chi connectivity index (χ0n) is 15.0. The Morgan fingerprint density at radius 1 is 0.852 bits per heavy atom. The van der Waals surface area contributed by atoms with Crippen LogP contribution in [-0.2, 0) is 11.2 Å². The molecule has 3 aromatic rings. The molecule has 27 heavy (non-hydrogen) atoms. The Hall–Kier alpha value is -3.54. The van der Waals surface area contributed by atoms with Crippen molar-refractivity contribution < 1.29 is 19.1 Å². The second-order valence-electron chi connectivity index (χ2n) is 5.80. The summed E-state index contributed by atoms with van der Waals surface area (Å²) < 4.78 is 10.3. The molecule has 0 atom stereocenters. The molecular formula is C21H18N2O4. The number of ether oxygens (including phenoxy) is 2. The van der Waals surface area contributed by atoms with E-state index in [1.807, 2.05) is 12.1 Å². The van der Waals surface area contributed by atoms with Crippen LogP contribution in [0.3, 0.4) is 0 Å². The summed E-state index contributed by atoms with van der Waals surface area (Å²) in [6, 6.07) is 14.1. The minimum absolute atomic E-state index is 0.264. The summed E-state index contributed by atoms with van der Waals surface area (Å²) in [6.45, 7) is 3.39. The molecule has 0 bridgehead atoms. The fourth-order valence-corrected chi connectivity index (χ4v) is 2.40. The monoisotopic (exact) mass is 362 g/mol. The van der Waals surface area contributed by atoms with Gasteiger partial charge in [-0.2, -0.15) is 0 Å². The van der Waals surface area contributed by atoms with Crippen LogP contribution in [0.15, 0.2) is 60.9 Å². The van der Waals surface area contributed by atoms with E-state index in [0.717, 1.165) is 17.5 Å². The first kappa shape index (κ1) is 18.3. The van der Waals surface area contributed by atoms with Gasteiger partial charge in [0, 0.05) is 12.5 Å². The number of esters is 2. The maximum Gasteiger partial charge on any atom is 0.343 e. The lowest BCUT2D eigenvalue weighted by atomic mass is 10.1. The molecule has 1 heterocycles. The Bertz CT molecular complexity index is 933. The van der Waals surface area contributed by atoms with Gasteiger partial charge >= 0.3 is 11.9 Å². The molecule has 136 valence electrons. The van der Waals surface area contributed by atoms with Gasteiger partial charge in [-0.15, -0.1) is 0 Å². The van der Waals surface area contributed by atoms with E-state index in [9.17, 15) is 9.59 Å². The molecule has 0 aliphatic carbocycles. The standard InChI is InChI=1S/C21H18N2O4/c1-3-15-4-6-17(7-5-15)21(25)27-19-12-22-20(23-13-19)16-8-10-18(11-9-16)26-14(2)24/h4-13H,3H2,1-2H3. The Labute approximate surface area is 156 Å². The molecule has 6 heteroatoms. The van der Waals surface area contributed by atoms with Gasteiger partial charge in [0.2, 0.25) is 0 Å². The molecule has 0 spiro atoms. The number of carbonyl (C=O) groups is 2. The largest absolute Gasteiger partial charge is 0.427 e. The minimum Gasteiger partial charge on any atom is -0.427 e. The molecule has 0 aliphatic heterocycles. The Morgan fingerprint density at radius 3 is 2.04 bits per heavy atom. The van der Waals surface area contributed by atoms with Crippen molar-refractivity contribution in [2.75, 3.05) is 0 Å². The van der Waals surface area contributed by atoms with Crippen molar-refractivity contribution in [3.8, 4) is 22.9 Å². The van der Waals surface area contributed by atoms with E-state index in [2.05, 4.69) is 16.9 Å². The summed E-state index contributed by atoms with van der Waals surface area (Å²) in [5.74, 6) is 0.344. The maximum atomic E-state index is 12.2. The summed E-state index contributed by atoms with van der Waals surface area (Å²) in [4.78, 5) is 31.5. The van der Waals surface area contributed by atoms with Gasteiger partial charge in [0.25, 0.3) is 0 Å². The van der Waals surface area contributed by atoms with Gasteiger partial charge in [-0.05, 0) is 48.4 Å². The number of hydrogen-bond acceptors (Lipinski definition) is 6. The number of carbonyl (C=O) groups excluding carboxylic acids is 2. The average Bonchev–Trinajstić information content (AvgIpc) is 2.69. The molecule has 2 aromatic carbocycles. The number of hydrogen-bond donors (Lipinski definition) is 0. The molecule has 6 nitrogen and oxygen atoms in total. The summed E-state index contributed by atoms with van der Waals surface area (Å²) >= 11 is 0. The summed E-state index contributed by atoms with van der Waals surface area (Å²) in [5, 5.41) is 0. The normalized spacial score (nSPS) is 10.3. The second-order valence-corrected chi connectivity index (χ2v) is 5.80. The SMILES string of the molecule is CCc1ccc(C(=O)Oc2cnc(-c3ccc(OC(C)=O)cc3)nc2)cc1. The third kappa shape index (κ3) is 4.76. The van der Waals surface area contributed by atoms with Crippen LogP contribution in [0.1, 0.15) is 29.8 Å². The summed E-state index contributed by atoms with van der Waals surface area (Å²) in [6.07, 6.45) is 3.80. The number of benzene rings is 2. The molecule has 0 amide bonds. The summed E-state index contributed by atoms with van der Waals surface area (Å²) in [5.41, 5.74) is 2.37.